The van der Waals surface area contributed by atoms with E-state index >= 15 is 0 Å². The van der Waals surface area contributed by atoms with E-state index in [1.807, 2.05) is 0 Å². The highest BCUT2D eigenvalue weighted by Gasteiger charge is 2.48. The number of hydrogen-bond acceptors (Lipinski definition) is 3. The highest BCUT2D eigenvalue weighted by molar-refractivity contribution is 5.12. The molecule has 15 heavy (non-hydrogen) atoms. The lowest BCUT2D eigenvalue weighted by atomic mass is 9.66. The Kier molecular flexibility index (Phi) is 4.12. The van der Waals surface area contributed by atoms with Crippen LogP contribution < -0.4 is 0 Å². The molecule has 3 nitrogen and oxygen atoms in total. The summed E-state index contributed by atoms with van der Waals surface area (Å²) in [5.74, 6) is 0. The lowest BCUT2D eigenvalue weighted by Gasteiger charge is -2.45. The second-order valence-corrected chi connectivity index (χ2v) is 4.96. The van der Waals surface area contributed by atoms with Crippen molar-refractivity contribution in [3.63, 3.8) is 0 Å². The standard InChI is InChI=1S/C12H21NO2/c1-11(2)6-3-4-7-12(11,10-13)15-9-5-8-14/h14H,3-9H2,1-2H3. The van der Waals surface area contributed by atoms with Crippen molar-refractivity contribution in [1.82, 2.24) is 0 Å². The third kappa shape index (κ3) is 2.50. The second-order valence-electron chi connectivity index (χ2n) is 4.96. The minimum absolute atomic E-state index is 0.0740. The van der Waals surface area contributed by atoms with Crippen LogP contribution in [-0.2, 0) is 4.74 Å². The first kappa shape index (κ1) is 12.5. The molecule has 0 bridgehead atoms. The summed E-state index contributed by atoms with van der Waals surface area (Å²) in [4.78, 5) is 0. The van der Waals surface area contributed by atoms with E-state index < -0.39 is 5.60 Å². The SMILES string of the molecule is CC1(C)CCCCC1(C#N)OCCCO. The van der Waals surface area contributed by atoms with Gasteiger partial charge in [-0.1, -0.05) is 20.3 Å². The maximum Gasteiger partial charge on any atom is 0.159 e. The van der Waals surface area contributed by atoms with Gasteiger partial charge in [-0.25, -0.2) is 0 Å². The Hall–Kier alpha value is -0.590. The van der Waals surface area contributed by atoms with E-state index in [2.05, 4.69) is 19.9 Å². The van der Waals surface area contributed by atoms with Crippen LogP contribution in [0.4, 0.5) is 0 Å². The highest BCUT2D eigenvalue weighted by Crippen LogP contribution is 2.45. The third-order valence-electron chi connectivity index (χ3n) is 3.51. The van der Waals surface area contributed by atoms with Crippen LogP contribution in [0.15, 0.2) is 0 Å². The van der Waals surface area contributed by atoms with Crippen molar-refractivity contribution < 1.29 is 9.84 Å². The van der Waals surface area contributed by atoms with Gasteiger partial charge in [0.2, 0.25) is 0 Å². The van der Waals surface area contributed by atoms with Gasteiger partial charge in [0.1, 0.15) is 0 Å². The van der Waals surface area contributed by atoms with Crippen molar-refractivity contribution in [3.8, 4) is 6.07 Å². The smallest absolute Gasteiger partial charge is 0.159 e. The number of aliphatic hydroxyl groups excluding tert-OH is 1. The van der Waals surface area contributed by atoms with Crippen LogP contribution >= 0.6 is 0 Å². The Bertz CT molecular complexity index is 244. The molecular formula is C12H21NO2. The number of hydrogen-bond donors (Lipinski definition) is 1. The average molecular weight is 211 g/mol. The van der Waals surface area contributed by atoms with E-state index in [1.54, 1.807) is 0 Å². The fourth-order valence-electron chi connectivity index (χ4n) is 2.30. The first-order chi connectivity index (χ1) is 7.08. The summed E-state index contributed by atoms with van der Waals surface area (Å²) < 4.78 is 5.75. The van der Waals surface area contributed by atoms with Crippen LogP contribution in [-0.4, -0.2) is 23.9 Å². The van der Waals surface area contributed by atoms with Crippen LogP contribution in [0.1, 0.15) is 46.0 Å². The molecule has 0 radical (unpaired) electrons. The largest absolute Gasteiger partial charge is 0.396 e. The van der Waals surface area contributed by atoms with Crippen LogP contribution in [0.5, 0.6) is 0 Å². The van der Waals surface area contributed by atoms with Crippen molar-refractivity contribution in [2.75, 3.05) is 13.2 Å². The third-order valence-corrected chi connectivity index (χ3v) is 3.51. The van der Waals surface area contributed by atoms with E-state index in [0.29, 0.717) is 13.0 Å². The molecule has 0 aromatic heterocycles. The molecule has 1 aliphatic rings. The Balaban J connectivity index is 2.68. The fraction of sp³-hybridized carbons (Fsp3) is 0.917. The molecule has 1 rings (SSSR count). The molecule has 0 aromatic rings. The van der Waals surface area contributed by atoms with Gasteiger partial charge >= 0.3 is 0 Å². The van der Waals surface area contributed by atoms with Gasteiger partial charge in [-0.2, -0.15) is 5.26 Å². The summed E-state index contributed by atoms with van der Waals surface area (Å²) in [6.07, 6.45) is 4.72. The van der Waals surface area contributed by atoms with Gasteiger partial charge in [-0.05, 0) is 25.7 Å². The Morgan fingerprint density at radius 2 is 2.00 bits per heavy atom. The summed E-state index contributed by atoms with van der Waals surface area (Å²) >= 11 is 0. The maximum atomic E-state index is 9.34. The van der Waals surface area contributed by atoms with E-state index in [-0.39, 0.29) is 12.0 Å². The normalized spacial score (nSPS) is 29.7. The van der Waals surface area contributed by atoms with Crippen LogP contribution in [0.25, 0.3) is 0 Å². The Labute approximate surface area is 92.0 Å². The second kappa shape index (κ2) is 4.96. The lowest BCUT2D eigenvalue weighted by molar-refractivity contribution is -0.108. The first-order valence-corrected chi connectivity index (χ1v) is 5.74. The van der Waals surface area contributed by atoms with E-state index in [4.69, 9.17) is 9.84 Å². The monoisotopic (exact) mass is 211 g/mol. The number of ether oxygens (including phenoxy) is 1. The summed E-state index contributed by atoms with van der Waals surface area (Å²) in [6.45, 7) is 4.82. The summed E-state index contributed by atoms with van der Waals surface area (Å²) in [7, 11) is 0. The van der Waals surface area contributed by atoms with Crippen molar-refractivity contribution in [3.05, 3.63) is 0 Å². The molecule has 1 saturated carbocycles. The predicted molar refractivity (Wildman–Crippen MR) is 58.2 cm³/mol. The van der Waals surface area contributed by atoms with Crippen LogP contribution in [0, 0.1) is 16.7 Å². The van der Waals surface area contributed by atoms with Crippen molar-refractivity contribution in [2.45, 2.75) is 51.6 Å². The molecular weight excluding hydrogens is 190 g/mol. The number of aliphatic hydroxyl groups is 1. The van der Waals surface area contributed by atoms with Gasteiger partial charge in [0.15, 0.2) is 5.60 Å². The predicted octanol–water partition coefficient (Wildman–Crippen LogP) is 2.25. The van der Waals surface area contributed by atoms with Crippen LogP contribution in [0.3, 0.4) is 0 Å². The van der Waals surface area contributed by atoms with E-state index in [9.17, 15) is 5.26 Å². The number of nitrogens with zero attached hydrogens (tertiary/aromatic N) is 1. The van der Waals surface area contributed by atoms with E-state index in [0.717, 1.165) is 19.3 Å². The molecule has 0 saturated heterocycles. The summed E-state index contributed by atoms with van der Waals surface area (Å²) in [5.41, 5.74) is -0.712. The molecule has 0 aliphatic heterocycles. The Morgan fingerprint density at radius 3 is 2.53 bits per heavy atom. The number of nitriles is 1. The quantitative estimate of drug-likeness (QED) is 0.726. The minimum Gasteiger partial charge on any atom is -0.396 e. The van der Waals surface area contributed by atoms with Gasteiger partial charge in [-0.15, -0.1) is 0 Å². The van der Waals surface area contributed by atoms with Crippen LogP contribution in [0.2, 0.25) is 0 Å². The molecule has 0 aromatic carbocycles. The molecule has 3 heteroatoms. The molecule has 1 fully saturated rings. The van der Waals surface area contributed by atoms with E-state index in [1.165, 1.54) is 6.42 Å². The molecule has 1 unspecified atom stereocenters. The zero-order valence-corrected chi connectivity index (χ0v) is 9.75. The zero-order valence-electron chi connectivity index (χ0n) is 9.75. The summed E-state index contributed by atoms with van der Waals surface area (Å²) in [5, 5.41) is 18.1. The molecule has 1 atom stereocenters. The van der Waals surface area contributed by atoms with Gasteiger partial charge in [0.25, 0.3) is 0 Å². The van der Waals surface area contributed by atoms with Crippen molar-refractivity contribution >= 4 is 0 Å². The van der Waals surface area contributed by atoms with Crippen molar-refractivity contribution in [1.29, 1.82) is 5.26 Å². The minimum atomic E-state index is -0.638. The molecule has 1 N–H and O–H groups in total. The molecule has 0 amide bonds. The molecule has 86 valence electrons. The van der Waals surface area contributed by atoms with Gasteiger partial charge in [0.05, 0.1) is 12.7 Å². The molecule has 0 heterocycles. The highest BCUT2D eigenvalue weighted by atomic mass is 16.5. The Morgan fingerprint density at radius 1 is 1.33 bits per heavy atom. The summed E-state index contributed by atoms with van der Waals surface area (Å²) in [6, 6.07) is 2.36. The number of rotatable bonds is 4. The zero-order chi connectivity index (χ0) is 11.4. The lowest BCUT2D eigenvalue weighted by Crippen LogP contribution is -2.48. The van der Waals surface area contributed by atoms with Gasteiger partial charge in [0, 0.05) is 12.0 Å². The fourth-order valence-corrected chi connectivity index (χ4v) is 2.30. The average Bonchev–Trinajstić information content (AvgIpc) is 2.21. The van der Waals surface area contributed by atoms with Gasteiger partial charge in [-0.3, -0.25) is 0 Å². The molecule has 1 aliphatic carbocycles. The maximum absolute atomic E-state index is 9.34. The van der Waals surface area contributed by atoms with Crippen molar-refractivity contribution in [2.24, 2.45) is 5.41 Å². The van der Waals surface area contributed by atoms with Gasteiger partial charge < -0.3 is 9.84 Å². The molecule has 0 spiro atoms. The first-order valence-electron chi connectivity index (χ1n) is 5.74. The topological polar surface area (TPSA) is 53.2 Å².